The molecule has 0 spiro atoms. The summed E-state index contributed by atoms with van der Waals surface area (Å²) in [4.78, 5) is 14.1. The minimum absolute atomic E-state index is 0.0206. The Hall–Kier alpha value is -1.03. The third kappa shape index (κ3) is 4.47. The molecule has 21 heavy (non-hydrogen) atoms. The molecule has 0 aromatic heterocycles. The normalized spacial score (nSPS) is 15.9. The van der Waals surface area contributed by atoms with Crippen LogP contribution in [0.1, 0.15) is 45.6 Å². The third-order valence-electron chi connectivity index (χ3n) is 3.81. The molecule has 1 aliphatic rings. The molecule has 4 heteroatoms. The number of piperidine rings is 1. The molecule has 0 bridgehead atoms. The van der Waals surface area contributed by atoms with Crippen molar-refractivity contribution in [2.24, 2.45) is 0 Å². The molecule has 0 radical (unpaired) electrons. The van der Waals surface area contributed by atoms with Crippen molar-refractivity contribution in [3.8, 4) is 5.75 Å². The van der Waals surface area contributed by atoms with Gasteiger partial charge in [0.2, 0.25) is 0 Å². The fraction of sp³-hybridized carbons (Fsp3) is 0.588. The molecule has 2 rings (SSSR count). The molecule has 1 amide bonds. The van der Waals surface area contributed by atoms with Crippen LogP contribution in [0.3, 0.4) is 0 Å². The zero-order valence-electron chi connectivity index (χ0n) is 13.1. The average Bonchev–Trinajstić information content (AvgIpc) is 2.45. The van der Waals surface area contributed by atoms with E-state index in [0.717, 1.165) is 41.7 Å². The van der Waals surface area contributed by atoms with Crippen molar-refractivity contribution in [3.05, 3.63) is 28.2 Å². The van der Waals surface area contributed by atoms with Crippen LogP contribution in [0.2, 0.25) is 0 Å². The second kappa shape index (κ2) is 6.82. The molecule has 1 fully saturated rings. The fourth-order valence-electron chi connectivity index (χ4n) is 2.59. The van der Waals surface area contributed by atoms with Gasteiger partial charge >= 0.3 is 0 Å². The van der Waals surface area contributed by atoms with Crippen LogP contribution in [0, 0.1) is 0 Å². The topological polar surface area (TPSA) is 29.5 Å². The lowest BCUT2D eigenvalue weighted by Crippen LogP contribution is -2.38. The number of nitrogens with zero attached hydrogens (tertiary/aromatic N) is 1. The lowest BCUT2D eigenvalue weighted by atomic mass is 9.86. The summed E-state index contributed by atoms with van der Waals surface area (Å²) in [5.74, 6) is 0.897. The van der Waals surface area contributed by atoms with Gasteiger partial charge in [0.1, 0.15) is 5.75 Å². The smallest absolute Gasteiger partial charge is 0.260 e. The number of ether oxygens (including phenoxy) is 1. The summed E-state index contributed by atoms with van der Waals surface area (Å²) in [5, 5.41) is 0. The van der Waals surface area contributed by atoms with Crippen LogP contribution >= 0.6 is 15.9 Å². The zero-order chi connectivity index (χ0) is 15.5. The average molecular weight is 354 g/mol. The lowest BCUT2D eigenvalue weighted by molar-refractivity contribution is -0.134. The Labute approximate surface area is 135 Å². The second-order valence-corrected chi connectivity index (χ2v) is 7.54. The summed E-state index contributed by atoms with van der Waals surface area (Å²) in [7, 11) is 0. The van der Waals surface area contributed by atoms with Gasteiger partial charge in [-0.15, -0.1) is 0 Å². The van der Waals surface area contributed by atoms with Gasteiger partial charge in [-0.25, -0.2) is 0 Å². The van der Waals surface area contributed by atoms with Gasteiger partial charge in [-0.3, -0.25) is 4.79 Å². The number of hydrogen-bond acceptors (Lipinski definition) is 2. The number of carbonyl (C=O) groups is 1. The van der Waals surface area contributed by atoms with Crippen LogP contribution in [0.5, 0.6) is 5.75 Å². The minimum atomic E-state index is -0.0206. The molecular weight excluding hydrogens is 330 g/mol. The first-order valence-corrected chi connectivity index (χ1v) is 8.38. The summed E-state index contributed by atoms with van der Waals surface area (Å²) in [5.41, 5.74) is 1.09. The van der Waals surface area contributed by atoms with E-state index in [-0.39, 0.29) is 17.9 Å². The maximum atomic E-state index is 12.2. The molecule has 0 N–H and O–H groups in total. The van der Waals surface area contributed by atoms with Crippen LogP contribution in [-0.4, -0.2) is 30.5 Å². The van der Waals surface area contributed by atoms with Gasteiger partial charge in [-0.2, -0.15) is 0 Å². The Balaban J connectivity index is 2.04. The number of hydrogen-bond donors (Lipinski definition) is 0. The van der Waals surface area contributed by atoms with Crippen molar-refractivity contribution >= 4 is 21.8 Å². The first-order chi connectivity index (χ1) is 9.88. The van der Waals surface area contributed by atoms with Gasteiger partial charge in [0.05, 0.1) is 0 Å². The molecule has 0 atom stereocenters. The lowest BCUT2D eigenvalue weighted by Gasteiger charge is -2.27. The largest absolute Gasteiger partial charge is 0.483 e. The van der Waals surface area contributed by atoms with E-state index >= 15 is 0 Å². The summed E-state index contributed by atoms with van der Waals surface area (Å²) in [6.45, 7) is 8.31. The summed E-state index contributed by atoms with van der Waals surface area (Å²) in [6.07, 6.45) is 3.44. The van der Waals surface area contributed by atoms with E-state index in [4.69, 9.17) is 4.74 Å². The van der Waals surface area contributed by atoms with Crippen LogP contribution in [0.4, 0.5) is 0 Å². The number of rotatable bonds is 3. The Morgan fingerprint density at radius 1 is 1.24 bits per heavy atom. The van der Waals surface area contributed by atoms with Gasteiger partial charge in [0, 0.05) is 23.1 Å². The van der Waals surface area contributed by atoms with Gasteiger partial charge in [0.25, 0.3) is 5.91 Å². The zero-order valence-corrected chi connectivity index (χ0v) is 14.7. The monoisotopic (exact) mass is 353 g/mol. The first kappa shape index (κ1) is 16.3. The molecule has 1 saturated heterocycles. The highest BCUT2D eigenvalue weighted by Gasteiger charge is 2.21. The van der Waals surface area contributed by atoms with Gasteiger partial charge in [0.15, 0.2) is 6.61 Å². The highest BCUT2D eigenvalue weighted by Crippen LogP contribution is 2.33. The molecular formula is C17H24BrNO2. The molecule has 1 heterocycles. The van der Waals surface area contributed by atoms with Crippen LogP contribution in [0.15, 0.2) is 22.7 Å². The third-order valence-corrected chi connectivity index (χ3v) is 4.30. The predicted molar refractivity (Wildman–Crippen MR) is 88.8 cm³/mol. The Kier molecular flexibility index (Phi) is 5.31. The molecule has 116 valence electrons. The minimum Gasteiger partial charge on any atom is -0.483 e. The summed E-state index contributed by atoms with van der Waals surface area (Å²) in [6, 6.07) is 5.96. The number of carbonyl (C=O) groups excluding carboxylic acids is 1. The molecule has 0 saturated carbocycles. The van der Waals surface area contributed by atoms with Crippen molar-refractivity contribution in [2.45, 2.75) is 45.4 Å². The van der Waals surface area contributed by atoms with Crippen LogP contribution in [-0.2, 0) is 10.2 Å². The first-order valence-electron chi connectivity index (χ1n) is 7.58. The van der Waals surface area contributed by atoms with Gasteiger partial charge in [-0.05, 0) is 42.9 Å². The van der Waals surface area contributed by atoms with Crippen molar-refractivity contribution in [3.63, 3.8) is 0 Å². The van der Waals surface area contributed by atoms with Crippen molar-refractivity contribution in [1.29, 1.82) is 0 Å². The second-order valence-electron chi connectivity index (χ2n) is 6.62. The number of halogens is 1. The Morgan fingerprint density at radius 3 is 2.52 bits per heavy atom. The summed E-state index contributed by atoms with van der Waals surface area (Å²) >= 11 is 3.50. The standard InChI is InChI=1S/C17H24BrNO2/c1-17(2,3)14-11-13(18)7-8-15(14)21-12-16(20)19-9-5-4-6-10-19/h7-8,11H,4-6,9-10,12H2,1-3H3. The van der Waals surface area contributed by atoms with E-state index in [2.05, 4.69) is 42.8 Å². The highest BCUT2D eigenvalue weighted by atomic mass is 79.9. The van der Waals surface area contributed by atoms with Crippen molar-refractivity contribution < 1.29 is 9.53 Å². The molecule has 0 unspecified atom stereocenters. The number of amides is 1. The molecule has 1 aliphatic heterocycles. The molecule has 1 aromatic rings. The Bertz CT molecular complexity index is 502. The Morgan fingerprint density at radius 2 is 1.90 bits per heavy atom. The van der Waals surface area contributed by atoms with Crippen LogP contribution in [0.25, 0.3) is 0 Å². The van der Waals surface area contributed by atoms with Crippen LogP contribution < -0.4 is 4.74 Å². The van der Waals surface area contributed by atoms with E-state index in [1.165, 1.54) is 6.42 Å². The van der Waals surface area contributed by atoms with Crippen molar-refractivity contribution in [1.82, 2.24) is 4.90 Å². The van der Waals surface area contributed by atoms with E-state index in [1.54, 1.807) is 0 Å². The molecule has 3 nitrogen and oxygen atoms in total. The number of benzene rings is 1. The maximum Gasteiger partial charge on any atom is 0.260 e. The van der Waals surface area contributed by atoms with Crippen molar-refractivity contribution in [2.75, 3.05) is 19.7 Å². The van der Waals surface area contributed by atoms with E-state index in [1.807, 2.05) is 17.0 Å². The van der Waals surface area contributed by atoms with Gasteiger partial charge < -0.3 is 9.64 Å². The fourth-order valence-corrected chi connectivity index (χ4v) is 2.95. The maximum absolute atomic E-state index is 12.2. The highest BCUT2D eigenvalue weighted by molar-refractivity contribution is 9.10. The number of likely N-dealkylation sites (tertiary alicyclic amines) is 1. The SMILES string of the molecule is CC(C)(C)c1cc(Br)ccc1OCC(=O)N1CCCCC1. The molecule has 1 aromatic carbocycles. The van der Waals surface area contributed by atoms with E-state index < -0.39 is 0 Å². The molecule has 0 aliphatic carbocycles. The van der Waals surface area contributed by atoms with E-state index in [0.29, 0.717) is 0 Å². The predicted octanol–water partition coefficient (Wildman–Crippen LogP) is 4.14. The summed E-state index contributed by atoms with van der Waals surface area (Å²) < 4.78 is 6.85. The van der Waals surface area contributed by atoms with Gasteiger partial charge in [-0.1, -0.05) is 36.7 Å². The van der Waals surface area contributed by atoms with E-state index in [9.17, 15) is 4.79 Å². The quantitative estimate of drug-likeness (QED) is 0.817.